The zero-order valence-corrected chi connectivity index (χ0v) is 14.2. The Balaban J connectivity index is 2.07. The number of hydrogen-bond donors (Lipinski definition) is 3. The minimum atomic E-state index is -0.408. The number of carbonyl (C=O) groups is 3. The van der Waals surface area contributed by atoms with Crippen LogP contribution >= 0.6 is 11.3 Å². The SMILES string of the molecule is CNC(=O)C[NH2+]CC(=O)Nc1sc2c(c1C(=O)OC)CCCC2. The predicted octanol–water partition coefficient (Wildman–Crippen LogP) is -0.339. The third kappa shape index (κ3) is 4.29. The average Bonchev–Trinajstić information content (AvgIpc) is 2.91. The lowest BCUT2D eigenvalue weighted by Crippen LogP contribution is -2.88. The smallest absolute Gasteiger partial charge is 0.341 e. The van der Waals surface area contributed by atoms with Crippen LogP contribution in [0.4, 0.5) is 5.00 Å². The van der Waals surface area contributed by atoms with Gasteiger partial charge in [0.2, 0.25) is 0 Å². The van der Waals surface area contributed by atoms with Crippen LogP contribution in [0.3, 0.4) is 0 Å². The Morgan fingerprint density at radius 1 is 1.17 bits per heavy atom. The molecule has 126 valence electrons. The normalized spacial score (nSPS) is 13.1. The monoisotopic (exact) mass is 340 g/mol. The minimum Gasteiger partial charge on any atom is -0.465 e. The van der Waals surface area contributed by atoms with Gasteiger partial charge in [-0.2, -0.15) is 0 Å². The zero-order valence-electron chi connectivity index (χ0n) is 13.4. The number of fused-ring (bicyclic) bond motifs is 1. The Morgan fingerprint density at radius 2 is 1.87 bits per heavy atom. The molecule has 8 heteroatoms. The number of amides is 2. The Bertz CT molecular complexity index is 612. The summed E-state index contributed by atoms with van der Waals surface area (Å²) in [4.78, 5) is 36.4. The first kappa shape index (κ1) is 17.4. The summed E-state index contributed by atoms with van der Waals surface area (Å²) < 4.78 is 4.87. The first-order chi connectivity index (χ1) is 11.1. The van der Waals surface area contributed by atoms with Gasteiger partial charge in [0.05, 0.1) is 12.7 Å². The second kappa shape index (κ2) is 8.07. The number of thiophene rings is 1. The van der Waals surface area contributed by atoms with E-state index in [2.05, 4.69) is 10.6 Å². The molecule has 1 aromatic rings. The number of hydrogen-bond acceptors (Lipinski definition) is 5. The van der Waals surface area contributed by atoms with E-state index in [1.165, 1.54) is 18.4 Å². The van der Waals surface area contributed by atoms with Crippen molar-refractivity contribution in [3.05, 3.63) is 16.0 Å². The number of esters is 1. The van der Waals surface area contributed by atoms with Gasteiger partial charge in [-0.25, -0.2) is 4.79 Å². The number of methoxy groups -OCH3 is 1. The third-order valence-electron chi connectivity index (χ3n) is 3.75. The molecule has 1 aliphatic carbocycles. The van der Waals surface area contributed by atoms with Gasteiger partial charge >= 0.3 is 5.97 Å². The van der Waals surface area contributed by atoms with Crippen molar-refractivity contribution in [1.82, 2.24) is 5.32 Å². The Morgan fingerprint density at radius 3 is 2.57 bits per heavy atom. The van der Waals surface area contributed by atoms with Gasteiger partial charge in [-0.1, -0.05) is 0 Å². The van der Waals surface area contributed by atoms with Crippen LogP contribution in [-0.4, -0.2) is 45.0 Å². The topological polar surface area (TPSA) is 101 Å². The summed E-state index contributed by atoms with van der Waals surface area (Å²) in [5.41, 5.74) is 1.50. The average molecular weight is 340 g/mol. The number of nitrogens with one attached hydrogen (secondary N) is 2. The molecule has 4 N–H and O–H groups in total. The van der Waals surface area contributed by atoms with Crippen molar-refractivity contribution in [1.29, 1.82) is 0 Å². The van der Waals surface area contributed by atoms with Crippen molar-refractivity contribution in [2.75, 3.05) is 32.6 Å². The largest absolute Gasteiger partial charge is 0.465 e. The summed E-state index contributed by atoms with van der Waals surface area (Å²) in [7, 11) is 2.90. The second-order valence-electron chi connectivity index (χ2n) is 5.32. The van der Waals surface area contributed by atoms with E-state index < -0.39 is 5.97 Å². The molecule has 2 amide bonds. The van der Waals surface area contributed by atoms with E-state index in [-0.39, 0.29) is 24.9 Å². The molecule has 1 aromatic heterocycles. The molecular weight excluding hydrogens is 318 g/mol. The van der Waals surface area contributed by atoms with E-state index in [9.17, 15) is 14.4 Å². The van der Waals surface area contributed by atoms with E-state index in [0.717, 1.165) is 36.1 Å². The molecule has 0 fully saturated rings. The summed E-state index contributed by atoms with van der Waals surface area (Å²) in [5.74, 6) is -0.786. The summed E-state index contributed by atoms with van der Waals surface area (Å²) in [6, 6.07) is 0. The highest BCUT2D eigenvalue weighted by Gasteiger charge is 2.27. The summed E-state index contributed by atoms with van der Waals surface area (Å²) in [5, 5.41) is 7.45. The molecule has 0 atom stereocenters. The standard InChI is InChI=1S/C15H21N3O4S/c1-16-11(19)7-17-8-12(20)18-14-13(15(21)22-2)9-5-3-4-6-10(9)23-14/h17H,3-8H2,1-2H3,(H,16,19)(H,18,20)/p+1. The maximum absolute atomic E-state index is 12.1. The number of quaternary nitrogens is 1. The number of nitrogens with two attached hydrogens (primary N) is 1. The van der Waals surface area contributed by atoms with Gasteiger partial charge in [0.25, 0.3) is 11.8 Å². The lowest BCUT2D eigenvalue weighted by molar-refractivity contribution is -0.632. The number of aryl methyl sites for hydroxylation is 1. The number of ether oxygens (including phenoxy) is 1. The third-order valence-corrected chi connectivity index (χ3v) is 4.96. The maximum Gasteiger partial charge on any atom is 0.341 e. The van der Waals surface area contributed by atoms with Crippen molar-refractivity contribution in [2.24, 2.45) is 0 Å². The number of carbonyl (C=O) groups excluding carboxylic acids is 3. The van der Waals surface area contributed by atoms with Gasteiger partial charge in [0.1, 0.15) is 5.00 Å². The van der Waals surface area contributed by atoms with Gasteiger partial charge in [0, 0.05) is 11.9 Å². The maximum atomic E-state index is 12.1. The molecule has 1 heterocycles. The Hall–Kier alpha value is -1.93. The molecule has 0 saturated heterocycles. The van der Waals surface area contributed by atoms with E-state index in [0.29, 0.717) is 10.6 Å². The molecule has 0 bridgehead atoms. The van der Waals surface area contributed by atoms with Crippen molar-refractivity contribution < 1.29 is 24.4 Å². The number of likely N-dealkylation sites (N-methyl/N-ethyl adjacent to an activating group) is 1. The van der Waals surface area contributed by atoms with Crippen molar-refractivity contribution in [3.63, 3.8) is 0 Å². The molecule has 1 aliphatic rings. The lowest BCUT2D eigenvalue weighted by atomic mass is 9.95. The summed E-state index contributed by atoms with van der Waals surface area (Å²) in [6.07, 6.45) is 3.92. The van der Waals surface area contributed by atoms with Crippen LogP contribution in [0.2, 0.25) is 0 Å². The van der Waals surface area contributed by atoms with Crippen LogP contribution < -0.4 is 16.0 Å². The highest BCUT2D eigenvalue weighted by atomic mass is 32.1. The number of anilines is 1. The molecule has 0 radical (unpaired) electrons. The first-order valence-corrected chi connectivity index (χ1v) is 8.43. The van der Waals surface area contributed by atoms with Gasteiger partial charge in [-0.05, 0) is 31.2 Å². The van der Waals surface area contributed by atoms with Gasteiger partial charge < -0.3 is 20.7 Å². The van der Waals surface area contributed by atoms with Crippen LogP contribution in [0.15, 0.2) is 0 Å². The van der Waals surface area contributed by atoms with Crippen molar-refractivity contribution in [2.45, 2.75) is 25.7 Å². The van der Waals surface area contributed by atoms with Crippen molar-refractivity contribution in [3.8, 4) is 0 Å². The zero-order chi connectivity index (χ0) is 16.8. The van der Waals surface area contributed by atoms with Crippen LogP contribution in [0.1, 0.15) is 33.6 Å². The quantitative estimate of drug-likeness (QED) is 0.617. The predicted molar refractivity (Wildman–Crippen MR) is 86.7 cm³/mol. The molecule has 0 spiro atoms. The van der Waals surface area contributed by atoms with Gasteiger partial charge in [-0.3, -0.25) is 9.59 Å². The molecule has 0 unspecified atom stereocenters. The molecule has 23 heavy (non-hydrogen) atoms. The molecular formula is C15H22N3O4S+. The highest BCUT2D eigenvalue weighted by molar-refractivity contribution is 7.17. The molecule has 0 saturated carbocycles. The van der Waals surface area contributed by atoms with Gasteiger partial charge in [0.15, 0.2) is 13.1 Å². The molecule has 2 rings (SSSR count). The van der Waals surface area contributed by atoms with E-state index in [1.54, 1.807) is 12.4 Å². The highest BCUT2D eigenvalue weighted by Crippen LogP contribution is 2.38. The van der Waals surface area contributed by atoms with Gasteiger partial charge in [-0.15, -0.1) is 11.3 Å². The first-order valence-electron chi connectivity index (χ1n) is 7.61. The molecule has 0 aliphatic heterocycles. The lowest BCUT2D eigenvalue weighted by Gasteiger charge is -2.11. The second-order valence-corrected chi connectivity index (χ2v) is 6.43. The Labute approximate surface area is 138 Å². The summed E-state index contributed by atoms with van der Waals surface area (Å²) in [6.45, 7) is 0.311. The van der Waals surface area contributed by atoms with Crippen LogP contribution in [-0.2, 0) is 27.2 Å². The van der Waals surface area contributed by atoms with E-state index in [1.807, 2.05) is 0 Å². The molecule has 0 aromatic carbocycles. The van der Waals surface area contributed by atoms with Crippen LogP contribution in [0, 0.1) is 0 Å². The van der Waals surface area contributed by atoms with Crippen molar-refractivity contribution >= 4 is 34.1 Å². The minimum absolute atomic E-state index is 0.122. The van der Waals surface area contributed by atoms with E-state index in [4.69, 9.17) is 4.74 Å². The van der Waals surface area contributed by atoms with E-state index >= 15 is 0 Å². The fourth-order valence-electron chi connectivity index (χ4n) is 2.59. The fourth-order valence-corrected chi connectivity index (χ4v) is 3.88. The van der Waals surface area contributed by atoms with Crippen LogP contribution in [0.5, 0.6) is 0 Å². The molecule has 7 nitrogen and oxygen atoms in total. The fraction of sp³-hybridized carbons (Fsp3) is 0.533. The van der Waals surface area contributed by atoms with Crippen LogP contribution in [0.25, 0.3) is 0 Å². The Kier molecular flexibility index (Phi) is 6.12. The number of rotatable bonds is 6. The summed E-state index contributed by atoms with van der Waals surface area (Å²) >= 11 is 1.45.